The van der Waals surface area contributed by atoms with Gasteiger partial charge in [0.1, 0.15) is 5.75 Å². The highest BCUT2D eigenvalue weighted by Crippen LogP contribution is 2.38. The second kappa shape index (κ2) is 9.23. The molecule has 0 aliphatic carbocycles. The number of rotatable bonds is 7. The van der Waals surface area contributed by atoms with Crippen molar-refractivity contribution in [3.63, 3.8) is 0 Å². The molecule has 3 aromatic carbocycles. The number of hydrogen-bond donors (Lipinski definition) is 0. The molecule has 0 N–H and O–H groups in total. The molecule has 0 fully saturated rings. The monoisotopic (exact) mass is 370 g/mol. The van der Waals surface area contributed by atoms with Gasteiger partial charge in [-0.1, -0.05) is 94.4 Å². The third-order valence-electron chi connectivity index (χ3n) is 3.45. The van der Waals surface area contributed by atoms with E-state index in [0.29, 0.717) is 5.75 Å². The summed E-state index contributed by atoms with van der Waals surface area (Å²) in [5.41, 5.74) is 2.41. The van der Waals surface area contributed by atoms with E-state index in [1.165, 1.54) is 5.56 Å². The van der Waals surface area contributed by atoms with Crippen molar-refractivity contribution in [2.45, 2.75) is 21.3 Å². The minimum Gasteiger partial charge on any atom is -0.611 e. The Labute approximate surface area is 154 Å². The van der Waals surface area contributed by atoms with Crippen molar-refractivity contribution in [1.29, 1.82) is 0 Å². The lowest BCUT2D eigenvalue weighted by atomic mass is 10.2. The van der Waals surface area contributed by atoms with Gasteiger partial charge in [0.2, 0.25) is 0 Å². The first-order valence-corrected chi connectivity index (χ1v) is 11.3. The highest BCUT2D eigenvalue weighted by atomic mass is 33.1. The molecule has 3 rings (SSSR count). The average Bonchev–Trinajstić information content (AvgIpc) is 2.64. The summed E-state index contributed by atoms with van der Waals surface area (Å²) >= 11 is -1.03. The summed E-state index contributed by atoms with van der Waals surface area (Å²) in [6.45, 7) is 0. The first-order valence-electron chi connectivity index (χ1n) is 7.67. The zero-order valence-electron chi connectivity index (χ0n) is 13.1. The maximum atomic E-state index is 12.8. The van der Waals surface area contributed by atoms with Crippen LogP contribution in [0.5, 0.6) is 0 Å². The smallest absolute Gasteiger partial charge is 0.167 e. The van der Waals surface area contributed by atoms with E-state index in [4.69, 9.17) is 0 Å². The molecule has 0 amide bonds. The molecule has 0 spiro atoms. The minimum atomic E-state index is -1.03. The molecule has 0 radical (unpaired) electrons. The van der Waals surface area contributed by atoms with E-state index in [2.05, 4.69) is 30.3 Å². The second-order valence-corrected chi connectivity index (χ2v) is 9.01. The Kier molecular flexibility index (Phi) is 6.73. The van der Waals surface area contributed by atoms with Crippen molar-refractivity contribution in [2.75, 3.05) is 0 Å². The van der Waals surface area contributed by atoms with E-state index in [1.807, 2.05) is 54.6 Å². The Balaban J connectivity index is 1.64. The molecule has 1 atom stereocenters. The molecule has 0 aliphatic rings. The number of benzene rings is 3. The minimum absolute atomic E-state index is 0.557. The van der Waals surface area contributed by atoms with Gasteiger partial charge in [-0.05, 0) is 28.9 Å². The maximum Gasteiger partial charge on any atom is 0.167 e. The molecule has 0 heterocycles. The lowest BCUT2D eigenvalue weighted by Gasteiger charge is -2.13. The van der Waals surface area contributed by atoms with Gasteiger partial charge in [0, 0.05) is 11.3 Å². The van der Waals surface area contributed by atoms with E-state index in [0.717, 1.165) is 21.1 Å². The lowest BCUT2D eigenvalue weighted by molar-refractivity contribution is 0.592. The van der Waals surface area contributed by atoms with Crippen LogP contribution in [0.2, 0.25) is 0 Å². The first-order chi connectivity index (χ1) is 11.8. The van der Waals surface area contributed by atoms with Gasteiger partial charge >= 0.3 is 0 Å². The van der Waals surface area contributed by atoms with Gasteiger partial charge < -0.3 is 4.55 Å². The molecular formula is C20H18OS3. The van der Waals surface area contributed by atoms with Crippen LogP contribution < -0.4 is 0 Å². The summed E-state index contributed by atoms with van der Waals surface area (Å²) in [6.07, 6.45) is 0. The summed E-state index contributed by atoms with van der Waals surface area (Å²) in [5, 5.41) is 0. The molecule has 3 aromatic rings. The Morgan fingerprint density at radius 1 is 0.708 bits per heavy atom. The Morgan fingerprint density at radius 2 is 1.29 bits per heavy atom. The van der Waals surface area contributed by atoms with Gasteiger partial charge in [0.15, 0.2) is 4.90 Å². The largest absolute Gasteiger partial charge is 0.611 e. The van der Waals surface area contributed by atoms with Crippen LogP contribution in [0.1, 0.15) is 11.1 Å². The van der Waals surface area contributed by atoms with Gasteiger partial charge in [0.05, 0.1) is 4.90 Å². The van der Waals surface area contributed by atoms with Gasteiger partial charge in [0.25, 0.3) is 0 Å². The quantitative estimate of drug-likeness (QED) is 0.380. The summed E-state index contributed by atoms with van der Waals surface area (Å²) in [6, 6.07) is 28.4. The molecule has 0 saturated carbocycles. The Morgan fingerprint density at radius 3 is 2.00 bits per heavy atom. The summed E-state index contributed by atoms with van der Waals surface area (Å²) in [7, 11) is 3.48. The van der Waals surface area contributed by atoms with Gasteiger partial charge in [-0.15, -0.1) is 0 Å². The molecule has 1 nitrogen and oxygen atoms in total. The molecular weight excluding hydrogens is 352 g/mol. The van der Waals surface area contributed by atoms with Crippen LogP contribution in [-0.4, -0.2) is 4.55 Å². The first kappa shape index (κ1) is 17.5. The number of hydrogen-bond acceptors (Lipinski definition) is 3. The van der Waals surface area contributed by atoms with Gasteiger partial charge in [-0.3, -0.25) is 0 Å². The Hall–Kier alpha value is -1.33. The van der Waals surface area contributed by atoms with E-state index in [9.17, 15) is 4.55 Å². The van der Waals surface area contributed by atoms with Crippen molar-refractivity contribution >= 4 is 32.8 Å². The zero-order valence-corrected chi connectivity index (χ0v) is 15.6. The molecule has 0 aromatic heterocycles. The maximum absolute atomic E-state index is 12.8. The van der Waals surface area contributed by atoms with E-state index in [-0.39, 0.29) is 0 Å². The van der Waals surface area contributed by atoms with Crippen molar-refractivity contribution in [2.24, 2.45) is 0 Å². The van der Waals surface area contributed by atoms with Crippen LogP contribution in [0.3, 0.4) is 0 Å². The fourth-order valence-electron chi connectivity index (χ4n) is 2.25. The standard InChI is InChI=1S/C20H18OS3/c21-24(16-18-11-5-2-6-12-18)20-14-8-7-13-19(20)23-22-15-17-9-3-1-4-10-17/h1-14H,15-16H2. The zero-order chi connectivity index (χ0) is 16.6. The van der Waals surface area contributed by atoms with Crippen LogP contribution in [0, 0.1) is 0 Å². The van der Waals surface area contributed by atoms with Crippen molar-refractivity contribution in [3.8, 4) is 0 Å². The van der Waals surface area contributed by atoms with Crippen LogP contribution in [-0.2, 0) is 22.7 Å². The van der Waals surface area contributed by atoms with Gasteiger partial charge in [-0.2, -0.15) is 0 Å². The predicted molar refractivity (Wildman–Crippen MR) is 107 cm³/mol. The average molecular weight is 371 g/mol. The van der Waals surface area contributed by atoms with Crippen LogP contribution in [0.25, 0.3) is 0 Å². The molecule has 0 aliphatic heterocycles. The summed E-state index contributed by atoms with van der Waals surface area (Å²) in [5.74, 6) is 1.49. The van der Waals surface area contributed by atoms with Crippen LogP contribution >= 0.6 is 21.6 Å². The highest BCUT2D eigenvalue weighted by molar-refractivity contribution is 8.76. The summed E-state index contributed by atoms with van der Waals surface area (Å²) in [4.78, 5) is 2.01. The fraction of sp³-hybridized carbons (Fsp3) is 0.100. The predicted octanol–water partition coefficient (Wildman–Crippen LogP) is 5.93. The van der Waals surface area contributed by atoms with E-state index in [1.54, 1.807) is 21.6 Å². The second-order valence-electron chi connectivity index (χ2n) is 5.25. The molecule has 4 heteroatoms. The van der Waals surface area contributed by atoms with E-state index < -0.39 is 11.2 Å². The van der Waals surface area contributed by atoms with Gasteiger partial charge in [-0.25, -0.2) is 0 Å². The molecule has 122 valence electrons. The molecule has 0 saturated heterocycles. The Bertz CT molecular complexity index is 747. The topological polar surface area (TPSA) is 23.1 Å². The van der Waals surface area contributed by atoms with Crippen LogP contribution in [0.15, 0.2) is 94.7 Å². The third kappa shape index (κ3) is 5.08. The normalized spacial score (nSPS) is 12.0. The van der Waals surface area contributed by atoms with Crippen molar-refractivity contribution in [1.82, 2.24) is 0 Å². The highest BCUT2D eigenvalue weighted by Gasteiger charge is 2.17. The van der Waals surface area contributed by atoms with E-state index >= 15 is 0 Å². The molecule has 24 heavy (non-hydrogen) atoms. The lowest BCUT2D eigenvalue weighted by Crippen LogP contribution is -2.06. The van der Waals surface area contributed by atoms with Crippen molar-refractivity contribution < 1.29 is 4.55 Å². The fourth-order valence-corrected chi connectivity index (χ4v) is 6.18. The third-order valence-corrected chi connectivity index (χ3v) is 7.37. The molecule has 0 bridgehead atoms. The van der Waals surface area contributed by atoms with Crippen molar-refractivity contribution in [3.05, 3.63) is 96.1 Å². The molecule has 1 unspecified atom stereocenters. The summed E-state index contributed by atoms with van der Waals surface area (Å²) < 4.78 is 12.8. The van der Waals surface area contributed by atoms with Crippen LogP contribution in [0.4, 0.5) is 0 Å². The SMILES string of the molecule is [O-][S+](Cc1ccccc1)c1ccccc1SSCc1ccccc1.